The Kier molecular flexibility index (Phi) is 3.96. The van der Waals surface area contributed by atoms with Crippen LogP contribution in [0.4, 0.5) is 0 Å². The molecule has 0 fully saturated rings. The minimum Gasteiger partial charge on any atom is -0.324 e. The highest BCUT2D eigenvalue weighted by molar-refractivity contribution is 7.70. The van der Waals surface area contributed by atoms with Gasteiger partial charge in [0.25, 0.3) is 0 Å². The first kappa shape index (κ1) is 13.4. The molecule has 1 heterocycles. The van der Waals surface area contributed by atoms with E-state index in [4.69, 9.17) is 19.6 Å². The molecule has 1 aromatic heterocycles. The molecule has 0 aliphatic rings. The van der Waals surface area contributed by atoms with Gasteiger partial charge in [-0.05, 0) is 6.07 Å². The van der Waals surface area contributed by atoms with Crippen molar-refractivity contribution in [3.05, 3.63) is 24.3 Å². The highest BCUT2D eigenvalue weighted by Crippen LogP contribution is 2.60. The van der Waals surface area contributed by atoms with Crippen LogP contribution in [0.3, 0.4) is 0 Å². The average Bonchev–Trinajstić information content (AvgIpc) is 2.12. The largest absolute Gasteiger partial charge is 0.341 e. The molecule has 1 aromatic rings. The molecule has 0 unspecified atom stereocenters. The van der Waals surface area contributed by atoms with Crippen molar-refractivity contribution < 1.29 is 28.7 Å². The Hall–Kier alpha value is -0.620. The van der Waals surface area contributed by atoms with E-state index in [0.717, 1.165) is 0 Å². The van der Waals surface area contributed by atoms with Gasteiger partial charge in [-0.25, -0.2) is 9.97 Å². The van der Waals surface area contributed by atoms with Crippen molar-refractivity contribution >= 4 is 15.2 Å². The van der Waals surface area contributed by atoms with E-state index >= 15 is 0 Å². The van der Waals surface area contributed by atoms with Crippen LogP contribution in [-0.2, 0) is 15.6 Å². The van der Waals surface area contributed by atoms with Gasteiger partial charge < -0.3 is 19.6 Å². The fourth-order valence-electron chi connectivity index (χ4n) is 1.03. The molecule has 4 N–H and O–H groups in total. The van der Waals surface area contributed by atoms with Gasteiger partial charge in [-0.1, -0.05) is 0 Å². The highest BCUT2D eigenvalue weighted by Gasteiger charge is 2.43. The van der Waals surface area contributed by atoms with Crippen LogP contribution in [0.1, 0.15) is 5.82 Å². The van der Waals surface area contributed by atoms with Gasteiger partial charge in [0.1, 0.15) is 5.82 Å². The van der Waals surface area contributed by atoms with Crippen molar-refractivity contribution in [2.24, 2.45) is 0 Å². The van der Waals surface area contributed by atoms with Crippen LogP contribution in [0.25, 0.3) is 0 Å². The summed E-state index contributed by atoms with van der Waals surface area (Å²) < 4.78 is 21.9. The lowest BCUT2D eigenvalue weighted by atomic mass is 10.4. The SMILES string of the molecule is O=P(O)(O)C(Cc1ncccn1)P(=O)(O)O. The Morgan fingerprint density at radius 2 is 1.50 bits per heavy atom. The summed E-state index contributed by atoms with van der Waals surface area (Å²) in [4.78, 5) is 42.6. The molecule has 0 saturated heterocycles. The molecular formula is C6H10N2O6P2. The molecule has 0 saturated carbocycles. The van der Waals surface area contributed by atoms with E-state index in [9.17, 15) is 9.13 Å². The Morgan fingerprint density at radius 1 is 1.06 bits per heavy atom. The second-order valence-corrected chi connectivity index (χ2v) is 7.04. The maximum Gasteiger partial charge on any atom is 0.341 e. The smallest absolute Gasteiger partial charge is 0.324 e. The van der Waals surface area contributed by atoms with Crippen LogP contribution in [0.5, 0.6) is 0 Å². The maximum atomic E-state index is 10.9. The number of hydrogen-bond donors (Lipinski definition) is 4. The second-order valence-electron chi connectivity index (χ2n) is 3.03. The second kappa shape index (κ2) is 4.71. The average molecular weight is 268 g/mol. The number of aromatic nitrogens is 2. The van der Waals surface area contributed by atoms with Gasteiger partial charge in [-0.2, -0.15) is 0 Å². The highest BCUT2D eigenvalue weighted by atomic mass is 31.2. The van der Waals surface area contributed by atoms with E-state index in [1.807, 2.05) is 0 Å². The molecule has 0 radical (unpaired) electrons. The number of nitrogens with zero attached hydrogens (tertiary/aromatic N) is 2. The monoisotopic (exact) mass is 268 g/mol. The van der Waals surface area contributed by atoms with Crippen molar-refractivity contribution in [1.82, 2.24) is 9.97 Å². The minimum absolute atomic E-state index is 0.0286. The Labute approximate surface area is 90.7 Å². The zero-order valence-corrected chi connectivity index (χ0v) is 9.70. The predicted molar refractivity (Wildman–Crippen MR) is 53.6 cm³/mol. The van der Waals surface area contributed by atoms with Gasteiger partial charge in [0, 0.05) is 18.8 Å². The molecule has 90 valence electrons. The molecule has 0 aliphatic carbocycles. The van der Waals surface area contributed by atoms with Crippen molar-refractivity contribution in [2.45, 2.75) is 11.8 Å². The third kappa shape index (κ3) is 3.75. The molecule has 0 aliphatic heterocycles. The maximum absolute atomic E-state index is 10.9. The molecule has 1 rings (SSSR count). The lowest BCUT2D eigenvalue weighted by Crippen LogP contribution is -2.14. The summed E-state index contributed by atoms with van der Waals surface area (Å²) in [5.41, 5.74) is 0. The third-order valence-corrected chi connectivity index (χ3v) is 5.48. The van der Waals surface area contributed by atoms with Crippen molar-refractivity contribution in [3.8, 4) is 0 Å². The molecule has 16 heavy (non-hydrogen) atoms. The molecule has 0 aromatic carbocycles. The Morgan fingerprint density at radius 3 is 1.88 bits per heavy atom. The van der Waals surface area contributed by atoms with E-state index in [1.54, 1.807) is 0 Å². The lowest BCUT2D eigenvalue weighted by molar-refractivity contribution is 0.337. The van der Waals surface area contributed by atoms with E-state index in [-0.39, 0.29) is 5.82 Å². The standard InChI is InChI=1S/C6H10N2O6P2/c9-15(10,11)6(16(12,13)14)4-5-7-2-1-3-8-5/h1-3,6H,4H2,(H2,9,10,11)(H2,12,13,14). The topological polar surface area (TPSA) is 141 Å². The number of rotatable bonds is 4. The quantitative estimate of drug-likeness (QED) is 0.545. The third-order valence-electron chi connectivity index (χ3n) is 1.76. The number of hydrogen-bond acceptors (Lipinski definition) is 4. The van der Waals surface area contributed by atoms with Gasteiger partial charge in [-0.15, -0.1) is 0 Å². The first-order valence-corrected chi connectivity index (χ1v) is 7.44. The fraction of sp³-hybridized carbons (Fsp3) is 0.333. The van der Waals surface area contributed by atoms with Crippen LogP contribution < -0.4 is 0 Å². The van der Waals surface area contributed by atoms with Crippen molar-refractivity contribution in [1.29, 1.82) is 0 Å². The van der Waals surface area contributed by atoms with E-state index in [1.165, 1.54) is 18.5 Å². The van der Waals surface area contributed by atoms with E-state index in [0.29, 0.717) is 0 Å². The molecular weight excluding hydrogens is 258 g/mol. The van der Waals surface area contributed by atoms with Crippen LogP contribution in [0.2, 0.25) is 0 Å². The van der Waals surface area contributed by atoms with E-state index < -0.39 is 27.0 Å². The van der Waals surface area contributed by atoms with Crippen molar-refractivity contribution in [2.75, 3.05) is 0 Å². The molecule has 0 spiro atoms. The molecule has 0 atom stereocenters. The van der Waals surface area contributed by atoms with Gasteiger partial charge in [0.05, 0.1) is 0 Å². The lowest BCUT2D eigenvalue weighted by Gasteiger charge is -2.18. The minimum atomic E-state index is -4.91. The summed E-state index contributed by atoms with van der Waals surface area (Å²) in [7, 11) is -9.81. The predicted octanol–water partition coefficient (Wildman–Crippen LogP) is -0.299. The molecule has 0 amide bonds. The van der Waals surface area contributed by atoms with Gasteiger partial charge in [-0.3, -0.25) is 9.13 Å². The van der Waals surface area contributed by atoms with Crippen LogP contribution in [0.15, 0.2) is 18.5 Å². The van der Waals surface area contributed by atoms with E-state index in [2.05, 4.69) is 9.97 Å². The summed E-state index contributed by atoms with van der Waals surface area (Å²) in [5, 5.41) is -2.10. The summed E-state index contributed by atoms with van der Waals surface area (Å²) in [6.07, 6.45) is 2.06. The van der Waals surface area contributed by atoms with Crippen LogP contribution >= 0.6 is 15.2 Å². The summed E-state index contributed by atoms with van der Waals surface area (Å²) in [5.74, 6) is -0.0286. The molecule has 0 bridgehead atoms. The fourth-order valence-corrected chi connectivity index (χ4v) is 3.40. The summed E-state index contributed by atoms with van der Waals surface area (Å²) in [6.45, 7) is 0. The van der Waals surface area contributed by atoms with Crippen LogP contribution in [0, 0.1) is 0 Å². The summed E-state index contributed by atoms with van der Waals surface area (Å²) in [6, 6.07) is 1.48. The van der Waals surface area contributed by atoms with Gasteiger partial charge >= 0.3 is 15.2 Å². The first-order chi connectivity index (χ1) is 7.21. The zero-order chi connectivity index (χ0) is 12.4. The van der Waals surface area contributed by atoms with Gasteiger partial charge in [0.15, 0.2) is 5.40 Å². The Balaban J connectivity index is 2.99. The molecule has 10 heteroatoms. The Bertz CT molecular complexity index is 418. The summed E-state index contributed by atoms with van der Waals surface area (Å²) >= 11 is 0. The first-order valence-electron chi connectivity index (χ1n) is 4.07. The van der Waals surface area contributed by atoms with Crippen molar-refractivity contribution in [3.63, 3.8) is 0 Å². The zero-order valence-electron chi connectivity index (χ0n) is 7.91. The molecule has 8 nitrogen and oxygen atoms in total. The van der Waals surface area contributed by atoms with Gasteiger partial charge in [0.2, 0.25) is 0 Å². The van der Waals surface area contributed by atoms with Crippen LogP contribution in [-0.4, -0.2) is 34.9 Å². The normalized spacial score (nSPS) is 13.1.